The molecule has 0 heterocycles. The Balaban J connectivity index is 1.46. The van der Waals surface area contributed by atoms with Crippen molar-refractivity contribution < 1.29 is 19.1 Å². The van der Waals surface area contributed by atoms with Gasteiger partial charge in [0.05, 0.1) is 13.7 Å². The van der Waals surface area contributed by atoms with E-state index in [1.807, 2.05) is 24.3 Å². The summed E-state index contributed by atoms with van der Waals surface area (Å²) in [5.41, 5.74) is 2.23. The van der Waals surface area contributed by atoms with E-state index in [1.165, 1.54) is 0 Å². The Labute approximate surface area is 152 Å². The molecule has 0 unspecified atom stereocenters. The van der Waals surface area contributed by atoms with Crippen molar-refractivity contribution in [2.24, 2.45) is 5.92 Å². The van der Waals surface area contributed by atoms with Crippen molar-refractivity contribution in [2.45, 2.75) is 19.4 Å². The maximum Gasteiger partial charge on any atom is 0.250 e. The van der Waals surface area contributed by atoms with E-state index in [4.69, 9.17) is 9.47 Å². The Bertz CT molecular complexity index is 787. The molecular formula is C20H22N2O4. The van der Waals surface area contributed by atoms with E-state index in [1.54, 1.807) is 31.4 Å². The molecule has 1 aliphatic rings. The molecule has 0 atom stereocenters. The van der Waals surface area contributed by atoms with Gasteiger partial charge in [0.15, 0.2) is 0 Å². The monoisotopic (exact) mass is 354 g/mol. The lowest BCUT2D eigenvalue weighted by molar-refractivity contribution is -0.121. The second-order valence-electron chi connectivity index (χ2n) is 6.24. The van der Waals surface area contributed by atoms with Crippen LogP contribution in [0.5, 0.6) is 5.75 Å². The lowest BCUT2D eigenvalue weighted by atomic mass is 10.2. The molecular weight excluding hydrogens is 332 g/mol. The molecule has 0 aromatic heterocycles. The standard InChI is InChI=1S/C20H22N2O4/c1-25-18-7-2-4-14(10-18)12-26-13-19(23)21-16-5-3-6-17(11-16)22-20(24)15-8-9-15/h2-7,10-11,15H,8-9,12-13H2,1H3,(H,21,23)(H,22,24). The van der Waals surface area contributed by atoms with Gasteiger partial charge >= 0.3 is 0 Å². The average Bonchev–Trinajstić information content (AvgIpc) is 3.47. The predicted molar refractivity (Wildman–Crippen MR) is 99.1 cm³/mol. The topological polar surface area (TPSA) is 76.7 Å². The van der Waals surface area contributed by atoms with Crippen LogP contribution in [0.15, 0.2) is 48.5 Å². The molecule has 26 heavy (non-hydrogen) atoms. The summed E-state index contributed by atoms with van der Waals surface area (Å²) in [6.45, 7) is 0.262. The molecule has 6 nitrogen and oxygen atoms in total. The third-order valence-electron chi connectivity index (χ3n) is 4.00. The number of methoxy groups -OCH3 is 1. The fourth-order valence-corrected chi connectivity index (χ4v) is 2.49. The number of anilines is 2. The van der Waals surface area contributed by atoms with E-state index in [0.717, 1.165) is 24.2 Å². The van der Waals surface area contributed by atoms with Gasteiger partial charge in [-0.25, -0.2) is 0 Å². The lowest BCUT2D eigenvalue weighted by Gasteiger charge is -2.09. The highest BCUT2D eigenvalue weighted by Crippen LogP contribution is 2.30. The maximum absolute atomic E-state index is 12.0. The molecule has 3 rings (SSSR count). The Morgan fingerprint density at radius 3 is 2.50 bits per heavy atom. The van der Waals surface area contributed by atoms with E-state index >= 15 is 0 Å². The third kappa shape index (κ3) is 5.32. The highest BCUT2D eigenvalue weighted by molar-refractivity contribution is 5.96. The molecule has 0 saturated heterocycles. The molecule has 1 saturated carbocycles. The molecule has 0 spiro atoms. The first-order valence-corrected chi connectivity index (χ1v) is 8.55. The Kier molecular flexibility index (Phi) is 5.86. The van der Waals surface area contributed by atoms with Crippen molar-refractivity contribution in [1.82, 2.24) is 0 Å². The van der Waals surface area contributed by atoms with Crippen molar-refractivity contribution in [2.75, 3.05) is 24.4 Å². The molecule has 0 bridgehead atoms. The van der Waals surface area contributed by atoms with Gasteiger partial charge in [0.2, 0.25) is 11.8 Å². The van der Waals surface area contributed by atoms with Gasteiger partial charge in [-0.2, -0.15) is 0 Å². The number of ether oxygens (including phenoxy) is 2. The van der Waals surface area contributed by atoms with Gasteiger partial charge in [0, 0.05) is 17.3 Å². The zero-order chi connectivity index (χ0) is 18.4. The zero-order valence-corrected chi connectivity index (χ0v) is 14.7. The van der Waals surface area contributed by atoms with E-state index < -0.39 is 0 Å². The number of hydrogen-bond acceptors (Lipinski definition) is 4. The minimum absolute atomic E-state index is 0.0371. The Morgan fingerprint density at radius 1 is 1.04 bits per heavy atom. The summed E-state index contributed by atoms with van der Waals surface area (Å²) in [4.78, 5) is 23.8. The summed E-state index contributed by atoms with van der Waals surface area (Å²) >= 11 is 0. The molecule has 2 aromatic rings. The van der Waals surface area contributed by atoms with Crippen LogP contribution < -0.4 is 15.4 Å². The van der Waals surface area contributed by atoms with Crippen LogP contribution in [0, 0.1) is 5.92 Å². The fraction of sp³-hybridized carbons (Fsp3) is 0.300. The summed E-state index contributed by atoms with van der Waals surface area (Å²) < 4.78 is 10.6. The van der Waals surface area contributed by atoms with Crippen LogP contribution in [0.4, 0.5) is 11.4 Å². The molecule has 2 N–H and O–H groups in total. The zero-order valence-electron chi connectivity index (χ0n) is 14.7. The van der Waals surface area contributed by atoms with Crippen LogP contribution in [0.25, 0.3) is 0 Å². The molecule has 0 aliphatic heterocycles. The summed E-state index contributed by atoms with van der Waals surface area (Å²) in [5, 5.41) is 5.63. The van der Waals surface area contributed by atoms with Gasteiger partial charge in [0.25, 0.3) is 0 Å². The first-order valence-electron chi connectivity index (χ1n) is 8.55. The predicted octanol–water partition coefficient (Wildman–Crippen LogP) is 3.20. The summed E-state index contributed by atoms with van der Waals surface area (Å²) in [7, 11) is 1.61. The van der Waals surface area contributed by atoms with Crippen molar-refractivity contribution in [3.63, 3.8) is 0 Å². The van der Waals surface area contributed by atoms with Crippen LogP contribution in [-0.4, -0.2) is 25.5 Å². The first kappa shape index (κ1) is 17.9. The average molecular weight is 354 g/mol. The quantitative estimate of drug-likeness (QED) is 0.763. The molecule has 2 amide bonds. The van der Waals surface area contributed by atoms with Crippen molar-refractivity contribution in [3.05, 3.63) is 54.1 Å². The lowest BCUT2D eigenvalue weighted by Crippen LogP contribution is -2.18. The number of benzene rings is 2. The number of rotatable bonds is 8. The highest BCUT2D eigenvalue weighted by Gasteiger charge is 2.29. The molecule has 136 valence electrons. The van der Waals surface area contributed by atoms with Gasteiger partial charge in [-0.05, 0) is 48.7 Å². The number of amides is 2. The van der Waals surface area contributed by atoms with Gasteiger partial charge < -0.3 is 20.1 Å². The molecule has 6 heteroatoms. The van der Waals surface area contributed by atoms with E-state index in [2.05, 4.69) is 10.6 Å². The number of hydrogen-bond donors (Lipinski definition) is 2. The Morgan fingerprint density at radius 2 is 1.77 bits per heavy atom. The SMILES string of the molecule is COc1cccc(COCC(=O)Nc2cccc(NC(=O)C3CC3)c2)c1. The third-order valence-corrected chi connectivity index (χ3v) is 4.00. The van der Waals surface area contributed by atoms with Gasteiger partial charge in [0.1, 0.15) is 12.4 Å². The second kappa shape index (κ2) is 8.49. The van der Waals surface area contributed by atoms with Gasteiger partial charge in [-0.15, -0.1) is 0 Å². The van der Waals surface area contributed by atoms with Crippen LogP contribution >= 0.6 is 0 Å². The van der Waals surface area contributed by atoms with E-state index in [-0.39, 0.29) is 24.3 Å². The van der Waals surface area contributed by atoms with E-state index in [9.17, 15) is 9.59 Å². The molecule has 1 aliphatic carbocycles. The summed E-state index contributed by atoms with van der Waals surface area (Å²) in [6.07, 6.45) is 1.90. The van der Waals surface area contributed by atoms with Crippen LogP contribution in [0.2, 0.25) is 0 Å². The summed E-state index contributed by atoms with van der Waals surface area (Å²) in [5.74, 6) is 0.674. The number of nitrogens with one attached hydrogen (secondary N) is 2. The largest absolute Gasteiger partial charge is 0.497 e. The second-order valence-corrected chi connectivity index (χ2v) is 6.24. The van der Waals surface area contributed by atoms with Gasteiger partial charge in [-0.3, -0.25) is 9.59 Å². The minimum Gasteiger partial charge on any atom is -0.497 e. The molecule has 0 radical (unpaired) electrons. The van der Waals surface area contributed by atoms with Crippen molar-refractivity contribution in [1.29, 1.82) is 0 Å². The molecule has 2 aromatic carbocycles. The smallest absolute Gasteiger partial charge is 0.250 e. The van der Waals surface area contributed by atoms with Crippen LogP contribution in [0.1, 0.15) is 18.4 Å². The van der Waals surface area contributed by atoms with Crippen molar-refractivity contribution in [3.8, 4) is 5.75 Å². The summed E-state index contributed by atoms with van der Waals surface area (Å²) in [6, 6.07) is 14.6. The number of carbonyl (C=O) groups is 2. The van der Waals surface area contributed by atoms with E-state index in [0.29, 0.717) is 18.0 Å². The van der Waals surface area contributed by atoms with Crippen molar-refractivity contribution >= 4 is 23.2 Å². The first-order chi connectivity index (χ1) is 12.6. The Hall–Kier alpha value is -2.86. The molecule has 1 fully saturated rings. The van der Waals surface area contributed by atoms with Crippen LogP contribution in [0.3, 0.4) is 0 Å². The number of carbonyl (C=O) groups excluding carboxylic acids is 2. The normalized spacial score (nSPS) is 13.1. The minimum atomic E-state index is -0.251. The van der Waals surface area contributed by atoms with Crippen LogP contribution in [-0.2, 0) is 20.9 Å². The maximum atomic E-state index is 12.0. The fourth-order valence-electron chi connectivity index (χ4n) is 2.49. The highest BCUT2D eigenvalue weighted by atomic mass is 16.5. The van der Waals surface area contributed by atoms with Gasteiger partial charge in [-0.1, -0.05) is 18.2 Å².